The Hall–Kier alpha value is -2.00. The molecule has 0 amide bonds. The Morgan fingerprint density at radius 3 is 2.59 bits per heavy atom. The minimum atomic E-state index is 0.951. The smallest absolute Gasteiger partial charge is 0.168 e. The molecule has 0 aliphatic rings. The number of nitrogens with zero attached hydrogens (tertiary/aromatic N) is 2. The van der Waals surface area contributed by atoms with Gasteiger partial charge in [0, 0.05) is 12.8 Å². The Labute approximate surface area is 136 Å². The lowest BCUT2D eigenvalue weighted by molar-refractivity contribution is 0.796. The highest BCUT2D eigenvalue weighted by Crippen LogP contribution is 2.28. The number of benzene rings is 2. The highest BCUT2D eigenvalue weighted by atomic mass is 32.2. The predicted molar refractivity (Wildman–Crippen MR) is 94.1 cm³/mol. The van der Waals surface area contributed by atoms with Crippen LogP contribution in [-0.4, -0.2) is 9.55 Å². The van der Waals surface area contributed by atoms with Gasteiger partial charge >= 0.3 is 0 Å². The fourth-order valence-electron chi connectivity index (χ4n) is 2.50. The van der Waals surface area contributed by atoms with Crippen molar-refractivity contribution in [3.63, 3.8) is 0 Å². The lowest BCUT2D eigenvalue weighted by Crippen LogP contribution is -1.95. The van der Waals surface area contributed by atoms with Gasteiger partial charge in [0.1, 0.15) is 0 Å². The summed E-state index contributed by atoms with van der Waals surface area (Å²) >= 11 is 1.79. The van der Waals surface area contributed by atoms with Gasteiger partial charge in [0.25, 0.3) is 0 Å². The molecule has 0 radical (unpaired) electrons. The zero-order valence-electron chi connectivity index (χ0n) is 13.2. The molecule has 0 atom stereocenters. The lowest BCUT2D eigenvalue weighted by atomic mass is 10.1. The third-order valence-electron chi connectivity index (χ3n) is 3.88. The summed E-state index contributed by atoms with van der Waals surface area (Å²) in [5.74, 6) is 0.951. The molecular weight excluding hydrogens is 288 g/mol. The highest BCUT2D eigenvalue weighted by molar-refractivity contribution is 7.98. The fourth-order valence-corrected chi connectivity index (χ4v) is 3.52. The maximum atomic E-state index is 4.59. The first kappa shape index (κ1) is 14.9. The Kier molecular flexibility index (Phi) is 4.34. The first-order valence-electron chi connectivity index (χ1n) is 7.41. The van der Waals surface area contributed by atoms with Crippen molar-refractivity contribution in [2.45, 2.75) is 24.8 Å². The Balaban J connectivity index is 1.80. The Bertz CT molecular complexity index is 775. The van der Waals surface area contributed by atoms with Gasteiger partial charge in [-0.1, -0.05) is 65.9 Å². The predicted octanol–water partition coefficient (Wildman–Crippen LogP) is 5.00. The number of rotatable bonds is 4. The van der Waals surface area contributed by atoms with Crippen LogP contribution in [0.25, 0.3) is 11.3 Å². The van der Waals surface area contributed by atoms with E-state index in [9.17, 15) is 0 Å². The zero-order valence-corrected chi connectivity index (χ0v) is 14.0. The maximum Gasteiger partial charge on any atom is 0.168 e. The molecule has 2 aromatic carbocycles. The van der Waals surface area contributed by atoms with E-state index in [4.69, 9.17) is 0 Å². The number of aromatic nitrogens is 2. The second-order valence-corrected chi connectivity index (χ2v) is 6.51. The van der Waals surface area contributed by atoms with E-state index in [0.717, 1.165) is 16.6 Å². The van der Waals surface area contributed by atoms with Crippen LogP contribution >= 0.6 is 11.8 Å². The van der Waals surface area contributed by atoms with Crippen molar-refractivity contribution in [1.29, 1.82) is 0 Å². The average molecular weight is 308 g/mol. The number of hydrogen-bond acceptors (Lipinski definition) is 2. The van der Waals surface area contributed by atoms with E-state index in [-0.39, 0.29) is 0 Å². The second-order valence-electron chi connectivity index (χ2n) is 5.57. The molecule has 3 rings (SSSR count). The van der Waals surface area contributed by atoms with E-state index >= 15 is 0 Å². The molecule has 0 spiro atoms. The number of aryl methyl sites for hydroxylation is 2. The molecule has 3 aromatic rings. The molecule has 0 aliphatic heterocycles. The second kappa shape index (κ2) is 6.41. The summed E-state index contributed by atoms with van der Waals surface area (Å²) in [6.07, 6.45) is 1.96. The van der Waals surface area contributed by atoms with Gasteiger partial charge in [0.15, 0.2) is 5.16 Å². The highest BCUT2D eigenvalue weighted by Gasteiger charge is 2.09. The number of imidazole rings is 1. The van der Waals surface area contributed by atoms with E-state index in [2.05, 4.69) is 72.9 Å². The van der Waals surface area contributed by atoms with E-state index in [1.165, 1.54) is 22.3 Å². The number of thioether (sulfide) groups is 1. The fraction of sp³-hybridized carbons (Fsp3) is 0.211. The van der Waals surface area contributed by atoms with Crippen molar-refractivity contribution in [2.75, 3.05) is 0 Å². The van der Waals surface area contributed by atoms with Crippen LogP contribution in [-0.2, 0) is 12.8 Å². The lowest BCUT2D eigenvalue weighted by Gasteiger charge is -2.08. The van der Waals surface area contributed by atoms with Crippen LogP contribution in [0.5, 0.6) is 0 Å². The summed E-state index contributed by atoms with van der Waals surface area (Å²) in [6, 6.07) is 17.0. The van der Waals surface area contributed by atoms with Gasteiger partial charge in [0.05, 0.1) is 11.9 Å². The SMILES string of the molecule is Cc1ccc(C)c(CSc2ncc(-c3ccccc3)n2C)c1. The van der Waals surface area contributed by atoms with Crippen LogP contribution in [0.15, 0.2) is 59.9 Å². The van der Waals surface area contributed by atoms with Crippen LogP contribution in [0.3, 0.4) is 0 Å². The third kappa shape index (κ3) is 3.09. The van der Waals surface area contributed by atoms with Crippen molar-refractivity contribution in [1.82, 2.24) is 9.55 Å². The summed E-state index contributed by atoms with van der Waals surface area (Å²) in [7, 11) is 2.08. The van der Waals surface area contributed by atoms with Crippen molar-refractivity contribution >= 4 is 11.8 Å². The summed E-state index contributed by atoms with van der Waals surface area (Å²) in [6.45, 7) is 4.31. The standard InChI is InChI=1S/C19H20N2S/c1-14-9-10-15(2)17(11-14)13-22-19-20-12-18(21(19)3)16-7-5-4-6-8-16/h4-12H,13H2,1-3H3. The molecule has 112 valence electrons. The van der Waals surface area contributed by atoms with Crippen molar-refractivity contribution in [2.24, 2.45) is 7.05 Å². The van der Waals surface area contributed by atoms with Gasteiger partial charge < -0.3 is 4.57 Å². The molecular formula is C19H20N2S. The van der Waals surface area contributed by atoms with Crippen LogP contribution < -0.4 is 0 Å². The molecule has 0 saturated heterocycles. The maximum absolute atomic E-state index is 4.59. The third-order valence-corrected chi connectivity index (χ3v) is 4.97. The summed E-state index contributed by atoms with van der Waals surface area (Å²) in [5.41, 5.74) is 6.40. The molecule has 0 N–H and O–H groups in total. The van der Waals surface area contributed by atoms with Crippen LogP contribution in [0.4, 0.5) is 0 Å². The van der Waals surface area contributed by atoms with E-state index in [1.807, 2.05) is 12.3 Å². The summed E-state index contributed by atoms with van der Waals surface area (Å²) < 4.78 is 2.17. The van der Waals surface area contributed by atoms with Crippen LogP contribution in [0.1, 0.15) is 16.7 Å². The molecule has 0 bridgehead atoms. The van der Waals surface area contributed by atoms with Gasteiger partial charge in [-0.05, 0) is 30.5 Å². The van der Waals surface area contributed by atoms with Gasteiger partial charge in [-0.25, -0.2) is 4.98 Å². The van der Waals surface area contributed by atoms with Gasteiger partial charge in [-0.3, -0.25) is 0 Å². The number of hydrogen-bond donors (Lipinski definition) is 0. The molecule has 0 fully saturated rings. The first-order chi connectivity index (χ1) is 10.6. The van der Waals surface area contributed by atoms with Crippen LogP contribution in [0, 0.1) is 13.8 Å². The Morgan fingerprint density at radius 1 is 1.05 bits per heavy atom. The minimum Gasteiger partial charge on any atom is -0.322 e. The molecule has 1 aromatic heterocycles. The molecule has 1 heterocycles. The summed E-state index contributed by atoms with van der Waals surface area (Å²) in [5, 5.41) is 1.06. The van der Waals surface area contributed by atoms with Crippen LogP contribution in [0.2, 0.25) is 0 Å². The average Bonchev–Trinajstić information content (AvgIpc) is 2.90. The molecule has 22 heavy (non-hydrogen) atoms. The van der Waals surface area contributed by atoms with Gasteiger partial charge in [0.2, 0.25) is 0 Å². The molecule has 0 saturated carbocycles. The first-order valence-corrected chi connectivity index (χ1v) is 8.40. The largest absolute Gasteiger partial charge is 0.322 e. The summed E-state index contributed by atoms with van der Waals surface area (Å²) in [4.78, 5) is 4.59. The topological polar surface area (TPSA) is 17.8 Å². The van der Waals surface area contributed by atoms with Crippen molar-refractivity contribution < 1.29 is 0 Å². The van der Waals surface area contributed by atoms with Crippen molar-refractivity contribution in [3.8, 4) is 11.3 Å². The Morgan fingerprint density at radius 2 is 1.82 bits per heavy atom. The minimum absolute atomic E-state index is 0.951. The molecule has 0 unspecified atom stereocenters. The molecule has 2 nitrogen and oxygen atoms in total. The zero-order chi connectivity index (χ0) is 15.5. The molecule has 3 heteroatoms. The van der Waals surface area contributed by atoms with Gasteiger partial charge in [-0.15, -0.1) is 0 Å². The van der Waals surface area contributed by atoms with E-state index in [0.29, 0.717) is 0 Å². The van der Waals surface area contributed by atoms with E-state index < -0.39 is 0 Å². The normalized spacial score (nSPS) is 10.9. The van der Waals surface area contributed by atoms with Gasteiger partial charge in [-0.2, -0.15) is 0 Å². The monoisotopic (exact) mass is 308 g/mol. The van der Waals surface area contributed by atoms with Crippen molar-refractivity contribution in [3.05, 3.63) is 71.4 Å². The molecule has 0 aliphatic carbocycles. The van der Waals surface area contributed by atoms with E-state index in [1.54, 1.807) is 11.8 Å². The quantitative estimate of drug-likeness (QED) is 0.631.